The summed E-state index contributed by atoms with van der Waals surface area (Å²) in [6.07, 6.45) is 4.27. The maximum Gasteiger partial charge on any atom is 0.224 e. The Balaban J connectivity index is 1.98. The standard InChI is InChI=1S/C15H19Cl2NO2/c16-12-5-3-6-13(17)11(12)8-15(20)18-14-7-2-1-4-10(14)9-19/h3,5-6,10,14,19H,1-2,4,7-9H2,(H,18,20). The second-order valence-corrected chi connectivity index (χ2v) is 6.09. The molecular formula is C15H19Cl2NO2. The first-order chi connectivity index (χ1) is 9.61. The number of carbonyl (C=O) groups excluding carboxylic acids is 1. The largest absolute Gasteiger partial charge is 0.396 e. The van der Waals surface area contributed by atoms with Crippen molar-refractivity contribution >= 4 is 29.1 Å². The van der Waals surface area contributed by atoms with Gasteiger partial charge in [-0.25, -0.2) is 0 Å². The summed E-state index contributed by atoms with van der Waals surface area (Å²) >= 11 is 12.1. The van der Waals surface area contributed by atoms with E-state index in [1.54, 1.807) is 18.2 Å². The van der Waals surface area contributed by atoms with E-state index in [1.165, 1.54) is 0 Å². The van der Waals surface area contributed by atoms with Gasteiger partial charge in [-0.3, -0.25) is 4.79 Å². The normalized spacial score (nSPS) is 22.6. The Kier molecular flexibility index (Phi) is 5.70. The third-order valence-electron chi connectivity index (χ3n) is 3.89. The van der Waals surface area contributed by atoms with E-state index in [4.69, 9.17) is 23.2 Å². The highest BCUT2D eigenvalue weighted by Gasteiger charge is 2.26. The summed E-state index contributed by atoms with van der Waals surface area (Å²) in [5.41, 5.74) is 0.657. The van der Waals surface area contributed by atoms with Crippen molar-refractivity contribution < 1.29 is 9.90 Å². The molecule has 1 aliphatic rings. The van der Waals surface area contributed by atoms with Gasteiger partial charge in [0.15, 0.2) is 0 Å². The minimum atomic E-state index is -0.0923. The van der Waals surface area contributed by atoms with E-state index in [0.717, 1.165) is 25.7 Å². The number of halogens is 2. The van der Waals surface area contributed by atoms with Crippen LogP contribution in [0.4, 0.5) is 0 Å². The number of hydrogen-bond acceptors (Lipinski definition) is 2. The first-order valence-corrected chi connectivity index (χ1v) is 7.70. The number of nitrogens with one attached hydrogen (secondary N) is 1. The fraction of sp³-hybridized carbons (Fsp3) is 0.533. The Morgan fingerprint density at radius 3 is 2.55 bits per heavy atom. The third-order valence-corrected chi connectivity index (χ3v) is 4.60. The Hall–Kier alpha value is -0.770. The van der Waals surface area contributed by atoms with Crippen molar-refractivity contribution in [3.8, 4) is 0 Å². The first kappa shape index (κ1) is 15.6. The van der Waals surface area contributed by atoms with Crippen LogP contribution < -0.4 is 5.32 Å². The van der Waals surface area contributed by atoms with Crippen molar-refractivity contribution in [1.29, 1.82) is 0 Å². The predicted molar refractivity (Wildman–Crippen MR) is 81.1 cm³/mol. The number of amides is 1. The van der Waals surface area contributed by atoms with Crippen LogP contribution in [0, 0.1) is 5.92 Å². The van der Waals surface area contributed by atoms with Crippen LogP contribution in [-0.4, -0.2) is 23.7 Å². The van der Waals surface area contributed by atoms with Gasteiger partial charge in [0.05, 0.1) is 6.42 Å². The molecular weight excluding hydrogens is 297 g/mol. The minimum Gasteiger partial charge on any atom is -0.396 e. The molecule has 110 valence electrons. The Morgan fingerprint density at radius 1 is 1.25 bits per heavy atom. The van der Waals surface area contributed by atoms with Gasteiger partial charge in [-0.15, -0.1) is 0 Å². The second-order valence-electron chi connectivity index (χ2n) is 5.28. The van der Waals surface area contributed by atoms with Gasteiger partial charge in [-0.2, -0.15) is 0 Å². The number of hydrogen-bond donors (Lipinski definition) is 2. The Bertz CT molecular complexity index is 459. The third kappa shape index (κ3) is 3.87. The molecule has 3 nitrogen and oxygen atoms in total. The number of carbonyl (C=O) groups is 1. The van der Waals surface area contributed by atoms with Gasteiger partial charge in [0, 0.05) is 28.6 Å². The zero-order chi connectivity index (χ0) is 14.5. The molecule has 1 amide bonds. The number of benzene rings is 1. The molecule has 0 aliphatic heterocycles. The van der Waals surface area contributed by atoms with Gasteiger partial charge >= 0.3 is 0 Å². The summed E-state index contributed by atoms with van der Waals surface area (Å²) in [7, 11) is 0. The predicted octanol–water partition coefficient (Wildman–Crippen LogP) is 3.20. The monoisotopic (exact) mass is 315 g/mol. The number of aliphatic hydroxyl groups excluding tert-OH is 1. The van der Waals surface area contributed by atoms with E-state index in [0.29, 0.717) is 15.6 Å². The maximum absolute atomic E-state index is 12.1. The zero-order valence-electron chi connectivity index (χ0n) is 11.2. The van der Waals surface area contributed by atoms with Crippen LogP contribution >= 0.6 is 23.2 Å². The lowest BCUT2D eigenvalue weighted by Crippen LogP contribution is -2.44. The van der Waals surface area contributed by atoms with Crippen LogP contribution in [0.3, 0.4) is 0 Å². The van der Waals surface area contributed by atoms with Crippen molar-refractivity contribution in [2.45, 2.75) is 38.1 Å². The summed E-state index contributed by atoms with van der Waals surface area (Å²) in [5.74, 6) is 0.0692. The summed E-state index contributed by atoms with van der Waals surface area (Å²) in [6.45, 7) is 0.123. The average Bonchev–Trinajstić information content (AvgIpc) is 2.44. The highest BCUT2D eigenvalue weighted by Crippen LogP contribution is 2.26. The van der Waals surface area contributed by atoms with Crippen molar-refractivity contribution in [2.24, 2.45) is 5.92 Å². The van der Waals surface area contributed by atoms with Crippen molar-refractivity contribution in [1.82, 2.24) is 5.32 Å². The van der Waals surface area contributed by atoms with Gasteiger partial charge in [-0.1, -0.05) is 42.1 Å². The second kappa shape index (κ2) is 7.30. The molecule has 0 aromatic heterocycles. The Morgan fingerprint density at radius 2 is 1.90 bits per heavy atom. The molecule has 5 heteroatoms. The SMILES string of the molecule is O=C(Cc1c(Cl)cccc1Cl)NC1CCCCC1CO. The molecule has 20 heavy (non-hydrogen) atoms. The molecule has 0 spiro atoms. The van der Waals surface area contributed by atoms with E-state index in [1.807, 2.05) is 0 Å². The van der Waals surface area contributed by atoms with E-state index in [9.17, 15) is 9.90 Å². The molecule has 1 aromatic carbocycles. The first-order valence-electron chi connectivity index (χ1n) is 6.95. The smallest absolute Gasteiger partial charge is 0.224 e. The van der Waals surface area contributed by atoms with Gasteiger partial charge in [0.1, 0.15) is 0 Å². The van der Waals surface area contributed by atoms with Crippen molar-refractivity contribution in [3.63, 3.8) is 0 Å². The van der Waals surface area contributed by atoms with E-state index < -0.39 is 0 Å². The summed E-state index contributed by atoms with van der Waals surface area (Å²) < 4.78 is 0. The fourth-order valence-electron chi connectivity index (χ4n) is 2.74. The molecule has 0 radical (unpaired) electrons. The van der Waals surface area contributed by atoms with Crippen LogP contribution in [0.5, 0.6) is 0 Å². The maximum atomic E-state index is 12.1. The van der Waals surface area contributed by atoms with E-state index in [2.05, 4.69) is 5.32 Å². The van der Waals surface area contributed by atoms with Crippen molar-refractivity contribution in [2.75, 3.05) is 6.61 Å². The van der Waals surface area contributed by atoms with Gasteiger partial charge in [-0.05, 0) is 30.5 Å². The van der Waals surface area contributed by atoms with Gasteiger partial charge in [0.2, 0.25) is 5.91 Å². The highest BCUT2D eigenvalue weighted by atomic mass is 35.5. The quantitative estimate of drug-likeness (QED) is 0.896. The minimum absolute atomic E-state index is 0.0579. The lowest BCUT2D eigenvalue weighted by Gasteiger charge is -2.31. The lowest BCUT2D eigenvalue weighted by molar-refractivity contribution is -0.121. The summed E-state index contributed by atoms with van der Waals surface area (Å²) in [5, 5.41) is 13.4. The van der Waals surface area contributed by atoms with Crippen molar-refractivity contribution in [3.05, 3.63) is 33.8 Å². The molecule has 2 unspecified atom stereocenters. The van der Waals surface area contributed by atoms with Crippen LogP contribution in [0.2, 0.25) is 10.0 Å². The molecule has 2 atom stereocenters. The molecule has 0 saturated heterocycles. The zero-order valence-corrected chi connectivity index (χ0v) is 12.8. The van der Waals surface area contributed by atoms with Crippen LogP contribution in [0.1, 0.15) is 31.2 Å². The topological polar surface area (TPSA) is 49.3 Å². The van der Waals surface area contributed by atoms with Crippen LogP contribution in [0.15, 0.2) is 18.2 Å². The molecule has 1 fully saturated rings. The Labute approximate surface area is 129 Å². The summed E-state index contributed by atoms with van der Waals surface area (Å²) in [4.78, 5) is 12.1. The fourth-order valence-corrected chi connectivity index (χ4v) is 3.27. The number of rotatable bonds is 4. The molecule has 1 aliphatic carbocycles. The lowest BCUT2D eigenvalue weighted by atomic mass is 9.85. The molecule has 0 bridgehead atoms. The molecule has 2 N–H and O–H groups in total. The summed E-state index contributed by atoms with van der Waals surface area (Å²) in [6, 6.07) is 5.28. The number of aliphatic hydroxyl groups is 1. The molecule has 1 saturated carbocycles. The van der Waals surface area contributed by atoms with E-state index in [-0.39, 0.29) is 30.9 Å². The highest BCUT2D eigenvalue weighted by molar-refractivity contribution is 6.36. The average molecular weight is 316 g/mol. The van der Waals surface area contributed by atoms with E-state index >= 15 is 0 Å². The van der Waals surface area contributed by atoms with Crippen LogP contribution in [0.25, 0.3) is 0 Å². The van der Waals surface area contributed by atoms with Crippen LogP contribution in [-0.2, 0) is 11.2 Å². The molecule has 1 aromatic rings. The van der Waals surface area contributed by atoms with Gasteiger partial charge in [0.25, 0.3) is 0 Å². The molecule has 0 heterocycles. The molecule has 2 rings (SSSR count). The van der Waals surface area contributed by atoms with Gasteiger partial charge < -0.3 is 10.4 Å².